The van der Waals surface area contributed by atoms with E-state index in [0.717, 1.165) is 5.56 Å². The van der Waals surface area contributed by atoms with E-state index in [1.54, 1.807) is 22.8 Å². The van der Waals surface area contributed by atoms with E-state index >= 15 is 0 Å². The maximum Gasteiger partial charge on any atom is 0.249 e. The summed E-state index contributed by atoms with van der Waals surface area (Å²) in [5, 5.41) is 0.548. The van der Waals surface area contributed by atoms with Crippen LogP contribution in [0.2, 0.25) is 5.02 Å². The average molecular weight is 357 g/mol. The fraction of sp³-hybridized carbons (Fsp3) is 0.300. The minimum atomic E-state index is -0.478. The van der Waals surface area contributed by atoms with Gasteiger partial charge in [-0.1, -0.05) is 54.1 Å². The van der Waals surface area contributed by atoms with Gasteiger partial charge in [0.1, 0.15) is 6.04 Å². The molecule has 0 bridgehead atoms. The minimum Gasteiger partial charge on any atom is -0.329 e. The Bertz CT molecular complexity index is 763. The molecule has 1 atom stereocenters. The first-order valence-corrected chi connectivity index (χ1v) is 8.85. The standard InChI is InChI=1S/C20H21ClN2O2/c1-15-20(25)23(18-10-6-5-9-17(18)21)14-13-22(15)19(24)12-11-16-7-3-2-4-8-16/h2-10,15H,11-14H2,1H3. The number of amides is 2. The van der Waals surface area contributed by atoms with Gasteiger partial charge in [-0.25, -0.2) is 0 Å². The van der Waals surface area contributed by atoms with Crippen LogP contribution in [0.3, 0.4) is 0 Å². The fourth-order valence-electron chi connectivity index (χ4n) is 3.16. The van der Waals surface area contributed by atoms with E-state index in [1.807, 2.05) is 48.5 Å². The second-order valence-electron chi connectivity index (χ2n) is 6.19. The molecule has 1 aliphatic rings. The number of hydrogen-bond acceptors (Lipinski definition) is 2. The SMILES string of the molecule is CC1C(=O)N(c2ccccc2Cl)CCN1C(=O)CCc1ccccc1. The molecule has 3 rings (SSSR count). The smallest absolute Gasteiger partial charge is 0.249 e. The maximum absolute atomic E-state index is 12.7. The van der Waals surface area contributed by atoms with Crippen molar-refractivity contribution in [3.8, 4) is 0 Å². The van der Waals surface area contributed by atoms with E-state index < -0.39 is 6.04 Å². The van der Waals surface area contributed by atoms with Crippen molar-refractivity contribution in [2.24, 2.45) is 0 Å². The molecule has 1 heterocycles. The third kappa shape index (κ3) is 3.85. The molecule has 0 aromatic heterocycles. The molecule has 0 aliphatic carbocycles. The molecule has 130 valence electrons. The Hall–Kier alpha value is -2.33. The quantitative estimate of drug-likeness (QED) is 0.840. The lowest BCUT2D eigenvalue weighted by Crippen LogP contribution is -2.57. The summed E-state index contributed by atoms with van der Waals surface area (Å²) in [5.74, 6) is -0.0732. The molecule has 0 N–H and O–H groups in total. The van der Waals surface area contributed by atoms with Gasteiger partial charge in [-0.3, -0.25) is 9.59 Å². The van der Waals surface area contributed by atoms with Crippen LogP contribution < -0.4 is 4.90 Å². The number of aryl methyl sites for hydroxylation is 1. The summed E-state index contributed by atoms with van der Waals surface area (Å²) in [5.41, 5.74) is 1.84. The summed E-state index contributed by atoms with van der Waals surface area (Å²) in [6, 6.07) is 16.7. The summed E-state index contributed by atoms with van der Waals surface area (Å²) in [6.07, 6.45) is 1.10. The summed E-state index contributed by atoms with van der Waals surface area (Å²) in [6.45, 7) is 2.77. The highest BCUT2D eigenvalue weighted by Gasteiger charge is 2.35. The number of nitrogens with zero attached hydrogens (tertiary/aromatic N) is 2. The van der Waals surface area contributed by atoms with Crippen LogP contribution in [0.25, 0.3) is 0 Å². The number of halogens is 1. The minimum absolute atomic E-state index is 0.0171. The lowest BCUT2D eigenvalue weighted by molar-refractivity contribution is -0.140. The van der Waals surface area contributed by atoms with Crippen molar-refractivity contribution in [2.75, 3.05) is 18.0 Å². The van der Waals surface area contributed by atoms with Gasteiger partial charge in [0, 0.05) is 19.5 Å². The Kier molecular flexibility index (Phi) is 5.39. The van der Waals surface area contributed by atoms with E-state index in [1.165, 1.54) is 0 Å². The number of carbonyl (C=O) groups is 2. The van der Waals surface area contributed by atoms with Crippen LogP contribution in [0.5, 0.6) is 0 Å². The number of hydrogen-bond donors (Lipinski definition) is 0. The Morgan fingerprint density at radius 3 is 2.48 bits per heavy atom. The third-order valence-electron chi connectivity index (χ3n) is 4.59. The van der Waals surface area contributed by atoms with Gasteiger partial charge in [0.25, 0.3) is 0 Å². The molecule has 1 fully saturated rings. The Balaban J connectivity index is 1.65. The number of anilines is 1. The van der Waals surface area contributed by atoms with Crippen molar-refractivity contribution in [2.45, 2.75) is 25.8 Å². The predicted octanol–water partition coefficient (Wildman–Crippen LogP) is 3.54. The van der Waals surface area contributed by atoms with Crippen LogP contribution in [0.4, 0.5) is 5.69 Å². The number of rotatable bonds is 4. The van der Waals surface area contributed by atoms with Gasteiger partial charge in [0.2, 0.25) is 11.8 Å². The number of para-hydroxylation sites is 1. The Morgan fingerprint density at radius 2 is 1.76 bits per heavy atom. The summed E-state index contributed by atoms with van der Waals surface area (Å²) < 4.78 is 0. The lowest BCUT2D eigenvalue weighted by atomic mass is 10.1. The Morgan fingerprint density at radius 1 is 1.08 bits per heavy atom. The molecule has 4 nitrogen and oxygen atoms in total. The summed E-state index contributed by atoms with van der Waals surface area (Å²) in [7, 11) is 0. The summed E-state index contributed by atoms with van der Waals surface area (Å²) in [4.78, 5) is 28.7. The second kappa shape index (κ2) is 7.70. The molecule has 2 aromatic carbocycles. The van der Waals surface area contributed by atoms with Gasteiger partial charge >= 0.3 is 0 Å². The van der Waals surface area contributed by atoms with Crippen LogP contribution >= 0.6 is 11.6 Å². The molecule has 2 aromatic rings. The molecular weight excluding hydrogens is 336 g/mol. The largest absolute Gasteiger partial charge is 0.329 e. The van der Waals surface area contributed by atoms with E-state index in [-0.39, 0.29) is 11.8 Å². The molecule has 25 heavy (non-hydrogen) atoms. The first-order valence-electron chi connectivity index (χ1n) is 8.47. The predicted molar refractivity (Wildman–Crippen MR) is 99.7 cm³/mol. The van der Waals surface area contributed by atoms with Crippen molar-refractivity contribution < 1.29 is 9.59 Å². The first kappa shape index (κ1) is 17.5. The van der Waals surface area contributed by atoms with Gasteiger partial charge in [0.15, 0.2) is 0 Å². The highest BCUT2D eigenvalue weighted by molar-refractivity contribution is 6.33. The van der Waals surface area contributed by atoms with Gasteiger partial charge in [-0.05, 0) is 31.0 Å². The average Bonchev–Trinajstić information content (AvgIpc) is 2.63. The van der Waals surface area contributed by atoms with Crippen molar-refractivity contribution in [3.63, 3.8) is 0 Å². The van der Waals surface area contributed by atoms with E-state index in [9.17, 15) is 9.59 Å². The van der Waals surface area contributed by atoms with Crippen LogP contribution in [-0.4, -0.2) is 35.8 Å². The zero-order valence-electron chi connectivity index (χ0n) is 14.2. The normalized spacial score (nSPS) is 17.7. The molecule has 1 saturated heterocycles. The second-order valence-corrected chi connectivity index (χ2v) is 6.60. The van der Waals surface area contributed by atoms with Crippen LogP contribution in [-0.2, 0) is 16.0 Å². The van der Waals surface area contributed by atoms with Crippen molar-refractivity contribution in [3.05, 3.63) is 65.2 Å². The molecule has 0 saturated carbocycles. The molecule has 1 unspecified atom stereocenters. The third-order valence-corrected chi connectivity index (χ3v) is 4.91. The van der Waals surface area contributed by atoms with E-state index in [4.69, 9.17) is 11.6 Å². The van der Waals surface area contributed by atoms with Crippen LogP contribution in [0.1, 0.15) is 18.9 Å². The highest BCUT2D eigenvalue weighted by atomic mass is 35.5. The molecule has 0 spiro atoms. The van der Waals surface area contributed by atoms with Crippen molar-refractivity contribution in [1.29, 1.82) is 0 Å². The highest BCUT2D eigenvalue weighted by Crippen LogP contribution is 2.28. The topological polar surface area (TPSA) is 40.6 Å². The zero-order valence-corrected chi connectivity index (χ0v) is 14.9. The molecule has 5 heteroatoms. The van der Waals surface area contributed by atoms with E-state index in [0.29, 0.717) is 36.6 Å². The van der Waals surface area contributed by atoms with Crippen LogP contribution in [0.15, 0.2) is 54.6 Å². The molecule has 2 amide bonds. The first-order chi connectivity index (χ1) is 12.1. The van der Waals surface area contributed by atoms with E-state index in [2.05, 4.69) is 0 Å². The maximum atomic E-state index is 12.7. The number of carbonyl (C=O) groups excluding carboxylic acids is 2. The summed E-state index contributed by atoms with van der Waals surface area (Å²) >= 11 is 6.21. The zero-order chi connectivity index (χ0) is 17.8. The van der Waals surface area contributed by atoms with Crippen molar-refractivity contribution in [1.82, 2.24) is 4.90 Å². The van der Waals surface area contributed by atoms with Gasteiger partial charge < -0.3 is 9.80 Å². The number of benzene rings is 2. The van der Waals surface area contributed by atoms with Gasteiger partial charge in [-0.15, -0.1) is 0 Å². The monoisotopic (exact) mass is 356 g/mol. The van der Waals surface area contributed by atoms with Gasteiger partial charge in [0.05, 0.1) is 10.7 Å². The van der Waals surface area contributed by atoms with Gasteiger partial charge in [-0.2, -0.15) is 0 Å². The Labute approximate surface area is 153 Å². The molecule has 0 radical (unpaired) electrons. The lowest BCUT2D eigenvalue weighted by Gasteiger charge is -2.39. The van der Waals surface area contributed by atoms with Crippen LogP contribution in [0, 0.1) is 0 Å². The molecule has 1 aliphatic heterocycles. The fourth-order valence-corrected chi connectivity index (χ4v) is 3.40. The number of piperazine rings is 1. The van der Waals surface area contributed by atoms with Crippen molar-refractivity contribution >= 4 is 29.1 Å². The molecular formula is C20H21ClN2O2.